The smallest absolute Gasteiger partial charge is 0.336 e. The third-order valence-corrected chi connectivity index (χ3v) is 3.26. The third kappa shape index (κ3) is 2.29. The Kier molecular flexibility index (Phi) is 3.48. The summed E-state index contributed by atoms with van der Waals surface area (Å²) in [7, 11) is 0. The van der Waals surface area contributed by atoms with Gasteiger partial charge in [-0.05, 0) is 41.8 Å². The first-order valence-corrected chi connectivity index (χ1v) is 6.08. The lowest BCUT2D eigenvalue weighted by Gasteiger charge is -2.10. The van der Waals surface area contributed by atoms with E-state index >= 15 is 0 Å². The maximum atomic E-state index is 13.5. The van der Waals surface area contributed by atoms with Crippen molar-refractivity contribution in [3.8, 4) is 11.1 Å². The van der Waals surface area contributed by atoms with Crippen LogP contribution in [0.25, 0.3) is 11.1 Å². The summed E-state index contributed by atoms with van der Waals surface area (Å²) in [5.74, 6) is -1.37. The summed E-state index contributed by atoms with van der Waals surface area (Å²) >= 11 is 3.23. The fourth-order valence-corrected chi connectivity index (χ4v) is 2.19. The predicted molar refractivity (Wildman–Crippen MR) is 71.2 cm³/mol. The monoisotopic (exact) mass is 308 g/mol. The van der Waals surface area contributed by atoms with Crippen molar-refractivity contribution >= 4 is 21.9 Å². The Bertz CT molecular complexity index is 623. The van der Waals surface area contributed by atoms with E-state index in [0.717, 1.165) is 0 Å². The van der Waals surface area contributed by atoms with Gasteiger partial charge < -0.3 is 5.11 Å². The molecule has 0 atom stereocenters. The molecule has 0 aliphatic heterocycles. The Balaban J connectivity index is 2.71. The maximum Gasteiger partial charge on any atom is 0.336 e. The number of rotatable bonds is 2. The second kappa shape index (κ2) is 4.90. The first kappa shape index (κ1) is 12.8. The van der Waals surface area contributed by atoms with Crippen LogP contribution in [0.5, 0.6) is 0 Å². The minimum Gasteiger partial charge on any atom is -0.478 e. The van der Waals surface area contributed by atoms with E-state index in [1.165, 1.54) is 12.1 Å². The average molecular weight is 309 g/mol. The molecule has 2 rings (SSSR count). The standard InChI is InChI=1S/C14H10BrFO2/c1-8-10(3-2-4-13(8)16)11-6-5-9(15)7-12(11)14(17)18/h2-7H,1H3,(H,17,18). The first-order chi connectivity index (χ1) is 8.50. The van der Waals surface area contributed by atoms with Crippen LogP contribution in [0.3, 0.4) is 0 Å². The van der Waals surface area contributed by atoms with Crippen LogP contribution in [0.2, 0.25) is 0 Å². The fraction of sp³-hybridized carbons (Fsp3) is 0.0714. The molecule has 2 nitrogen and oxygen atoms in total. The molecule has 0 saturated heterocycles. The molecule has 0 bridgehead atoms. The van der Waals surface area contributed by atoms with E-state index in [1.807, 2.05) is 0 Å². The van der Waals surface area contributed by atoms with Crippen molar-refractivity contribution in [3.05, 3.63) is 57.8 Å². The molecule has 0 aliphatic carbocycles. The summed E-state index contributed by atoms with van der Waals surface area (Å²) in [6.45, 7) is 1.64. The molecule has 0 fully saturated rings. The predicted octanol–water partition coefficient (Wildman–Crippen LogP) is 4.26. The number of aromatic carboxylic acids is 1. The van der Waals surface area contributed by atoms with Crippen LogP contribution < -0.4 is 0 Å². The van der Waals surface area contributed by atoms with E-state index in [1.54, 1.807) is 31.2 Å². The summed E-state index contributed by atoms with van der Waals surface area (Å²) in [6, 6.07) is 9.58. The van der Waals surface area contributed by atoms with Gasteiger partial charge in [0.15, 0.2) is 0 Å². The molecular formula is C14H10BrFO2. The Morgan fingerprint density at radius 3 is 2.61 bits per heavy atom. The van der Waals surface area contributed by atoms with Gasteiger partial charge in [-0.15, -0.1) is 0 Å². The molecule has 0 spiro atoms. The highest BCUT2D eigenvalue weighted by atomic mass is 79.9. The van der Waals surface area contributed by atoms with Crippen molar-refractivity contribution in [2.45, 2.75) is 6.92 Å². The largest absolute Gasteiger partial charge is 0.478 e. The summed E-state index contributed by atoms with van der Waals surface area (Å²) in [5.41, 5.74) is 1.71. The SMILES string of the molecule is Cc1c(F)cccc1-c1ccc(Br)cc1C(=O)O. The van der Waals surface area contributed by atoms with E-state index in [2.05, 4.69) is 15.9 Å². The minimum absolute atomic E-state index is 0.151. The van der Waals surface area contributed by atoms with Crippen LogP contribution in [0.4, 0.5) is 4.39 Å². The molecule has 0 aromatic heterocycles. The van der Waals surface area contributed by atoms with Gasteiger partial charge in [0.1, 0.15) is 5.82 Å². The van der Waals surface area contributed by atoms with E-state index in [0.29, 0.717) is 21.2 Å². The fourth-order valence-electron chi connectivity index (χ4n) is 1.83. The van der Waals surface area contributed by atoms with Gasteiger partial charge in [-0.3, -0.25) is 0 Å². The lowest BCUT2D eigenvalue weighted by Crippen LogP contribution is -2.01. The van der Waals surface area contributed by atoms with Crippen LogP contribution in [-0.4, -0.2) is 11.1 Å². The summed E-state index contributed by atoms with van der Waals surface area (Å²) < 4.78 is 14.2. The van der Waals surface area contributed by atoms with Gasteiger partial charge in [-0.1, -0.05) is 34.1 Å². The zero-order chi connectivity index (χ0) is 13.3. The highest BCUT2D eigenvalue weighted by Crippen LogP contribution is 2.30. The minimum atomic E-state index is -1.03. The Hall–Kier alpha value is -1.68. The normalized spacial score (nSPS) is 10.4. The van der Waals surface area contributed by atoms with Crippen LogP contribution in [0.15, 0.2) is 40.9 Å². The highest BCUT2D eigenvalue weighted by Gasteiger charge is 2.15. The second-order valence-corrected chi connectivity index (χ2v) is 4.82. The van der Waals surface area contributed by atoms with E-state index in [9.17, 15) is 14.3 Å². The molecule has 4 heteroatoms. The van der Waals surface area contributed by atoms with Gasteiger partial charge in [-0.2, -0.15) is 0 Å². The molecule has 18 heavy (non-hydrogen) atoms. The number of hydrogen-bond donors (Lipinski definition) is 1. The molecule has 0 radical (unpaired) electrons. The molecule has 1 N–H and O–H groups in total. The zero-order valence-electron chi connectivity index (χ0n) is 9.58. The number of carboxylic acid groups (broad SMARTS) is 1. The molecule has 0 amide bonds. The van der Waals surface area contributed by atoms with Gasteiger partial charge >= 0.3 is 5.97 Å². The summed E-state index contributed by atoms with van der Waals surface area (Å²) in [4.78, 5) is 11.2. The van der Waals surface area contributed by atoms with Crippen molar-refractivity contribution in [1.29, 1.82) is 0 Å². The van der Waals surface area contributed by atoms with Crippen LogP contribution >= 0.6 is 15.9 Å². The molecule has 0 aliphatic rings. The molecule has 0 unspecified atom stereocenters. The van der Waals surface area contributed by atoms with Crippen molar-refractivity contribution in [3.63, 3.8) is 0 Å². The maximum absolute atomic E-state index is 13.5. The van der Waals surface area contributed by atoms with Crippen molar-refractivity contribution in [2.24, 2.45) is 0 Å². The van der Waals surface area contributed by atoms with Crippen LogP contribution in [0, 0.1) is 12.7 Å². The number of carboxylic acids is 1. The third-order valence-electron chi connectivity index (χ3n) is 2.77. The Morgan fingerprint density at radius 1 is 1.22 bits per heavy atom. The number of carbonyl (C=O) groups is 1. The van der Waals surface area contributed by atoms with Gasteiger partial charge in [0.2, 0.25) is 0 Å². The van der Waals surface area contributed by atoms with Crippen LogP contribution in [-0.2, 0) is 0 Å². The van der Waals surface area contributed by atoms with E-state index in [-0.39, 0.29) is 11.4 Å². The topological polar surface area (TPSA) is 37.3 Å². The van der Waals surface area contributed by atoms with Crippen LogP contribution in [0.1, 0.15) is 15.9 Å². The lowest BCUT2D eigenvalue weighted by molar-refractivity contribution is 0.0697. The van der Waals surface area contributed by atoms with Crippen molar-refractivity contribution in [2.75, 3.05) is 0 Å². The molecule has 0 saturated carbocycles. The molecular weight excluding hydrogens is 299 g/mol. The number of benzene rings is 2. The summed E-state index contributed by atoms with van der Waals surface area (Å²) in [6.07, 6.45) is 0. The van der Waals surface area contributed by atoms with Crippen molar-refractivity contribution in [1.82, 2.24) is 0 Å². The molecule has 2 aromatic carbocycles. The zero-order valence-corrected chi connectivity index (χ0v) is 11.2. The highest BCUT2D eigenvalue weighted by molar-refractivity contribution is 9.10. The van der Waals surface area contributed by atoms with Gasteiger partial charge in [0.25, 0.3) is 0 Å². The average Bonchev–Trinajstić information content (AvgIpc) is 2.33. The van der Waals surface area contributed by atoms with E-state index in [4.69, 9.17) is 0 Å². The van der Waals surface area contributed by atoms with Gasteiger partial charge in [0.05, 0.1) is 5.56 Å². The van der Waals surface area contributed by atoms with E-state index < -0.39 is 5.97 Å². The Labute approximate surface area is 112 Å². The molecule has 0 heterocycles. The number of halogens is 2. The lowest BCUT2D eigenvalue weighted by atomic mass is 9.96. The number of hydrogen-bond acceptors (Lipinski definition) is 1. The van der Waals surface area contributed by atoms with Crippen molar-refractivity contribution < 1.29 is 14.3 Å². The van der Waals surface area contributed by atoms with Gasteiger partial charge in [0, 0.05) is 4.47 Å². The first-order valence-electron chi connectivity index (χ1n) is 5.29. The molecule has 2 aromatic rings. The van der Waals surface area contributed by atoms with Gasteiger partial charge in [-0.25, -0.2) is 9.18 Å². The quantitative estimate of drug-likeness (QED) is 0.900. The Morgan fingerprint density at radius 2 is 1.94 bits per heavy atom. The summed E-state index contributed by atoms with van der Waals surface area (Å²) in [5, 5.41) is 9.20. The second-order valence-electron chi connectivity index (χ2n) is 3.91. The molecule has 92 valence electrons.